The molecule has 1 aliphatic rings. The van der Waals surface area contributed by atoms with Crippen LogP contribution in [0.3, 0.4) is 0 Å². The van der Waals surface area contributed by atoms with Gasteiger partial charge < -0.3 is 10.2 Å². The lowest BCUT2D eigenvalue weighted by Gasteiger charge is -2.25. The van der Waals surface area contributed by atoms with Crippen molar-refractivity contribution in [1.82, 2.24) is 0 Å². The number of fused-ring (bicyclic) bond motifs is 1. The van der Waals surface area contributed by atoms with Gasteiger partial charge in [0.2, 0.25) is 5.91 Å². The molecule has 0 bridgehead atoms. The van der Waals surface area contributed by atoms with Gasteiger partial charge in [-0.25, -0.2) is 8.78 Å². The molecule has 17 heavy (non-hydrogen) atoms. The van der Waals surface area contributed by atoms with Crippen LogP contribution in [0.5, 0.6) is 0 Å². The summed E-state index contributed by atoms with van der Waals surface area (Å²) >= 11 is 0. The van der Waals surface area contributed by atoms with Gasteiger partial charge in [0.15, 0.2) is 5.82 Å². The van der Waals surface area contributed by atoms with Crippen LogP contribution in [0.2, 0.25) is 0 Å². The number of nitrogens with zero attached hydrogens (tertiary/aromatic N) is 1. The Morgan fingerprint density at radius 2 is 2.00 bits per heavy atom. The number of anilines is 2. The number of benzene rings is 1. The summed E-state index contributed by atoms with van der Waals surface area (Å²) in [4.78, 5) is 13.3. The molecule has 0 atom stereocenters. The maximum Gasteiger partial charge on any atom is 0.234 e. The monoisotopic (exact) mass is 240 g/mol. The summed E-state index contributed by atoms with van der Waals surface area (Å²) in [5, 5.41) is 2.92. The van der Waals surface area contributed by atoms with Crippen molar-refractivity contribution in [3.8, 4) is 0 Å². The molecule has 0 aromatic heterocycles. The molecule has 0 aliphatic carbocycles. The zero-order chi connectivity index (χ0) is 12.8. The van der Waals surface area contributed by atoms with Gasteiger partial charge in [0.1, 0.15) is 11.5 Å². The molecule has 0 saturated heterocycles. The average Bonchev–Trinajstić information content (AvgIpc) is 2.30. The molecule has 1 N–H and O–H groups in total. The van der Waals surface area contributed by atoms with Crippen LogP contribution in [-0.2, 0) is 4.79 Å². The van der Waals surface area contributed by atoms with Crippen molar-refractivity contribution >= 4 is 17.3 Å². The van der Waals surface area contributed by atoms with Gasteiger partial charge in [0.25, 0.3) is 0 Å². The van der Waals surface area contributed by atoms with E-state index < -0.39 is 17.0 Å². The van der Waals surface area contributed by atoms with E-state index in [-0.39, 0.29) is 11.6 Å². The topological polar surface area (TPSA) is 32.3 Å². The molecular weight excluding hydrogens is 226 g/mol. The van der Waals surface area contributed by atoms with Crippen LogP contribution in [0.4, 0.5) is 20.2 Å². The SMILES string of the molecule is CN1C(=O)C(C)(C)CNc2cc(F)cc(F)c21. The van der Waals surface area contributed by atoms with E-state index in [0.29, 0.717) is 12.2 Å². The standard InChI is InChI=1S/C12H14F2N2O/c1-12(2)6-15-9-5-7(13)4-8(14)10(9)16(3)11(12)17/h4-5,15H,6H2,1-3H3. The third-order valence-electron chi connectivity index (χ3n) is 2.97. The Labute approximate surface area is 98.4 Å². The highest BCUT2D eigenvalue weighted by Crippen LogP contribution is 2.36. The number of halogens is 2. The molecule has 1 aromatic carbocycles. The largest absolute Gasteiger partial charge is 0.382 e. The molecule has 2 rings (SSSR count). The van der Waals surface area contributed by atoms with Crippen LogP contribution in [0, 0.1) is 17.0 Å². The summed E-state index contributed by atoms with van der Waals surface area (Å²) in [6.07, 6.45) is 0. The number of hydrogen-bond acceptors (Lipinski definition) is 2. The first-order chi connectivity index (χ1) is 7.83. The molecule has 3 nitrogen and oxygen atoms in total. The maximum absolute atomic E-state index is 13.7. The molecular formula is C12H14F2N2O. The van der Waals surface area contributed by atoms with Gasteiger partial charge in [0, 0.05) is 19.7 Å². The predicted molar refractivity (Wildman–Crippen MR) is 62.0 cm³/mol. The van der Waals surface area contributed by atoms with Gasteiger partial charge in [-0.2, -0.15) is 0 Å². The van der Waals surface area contributed by atoms with Crippen molar-refractivity contribution in [2.45, 2.75) is 13.8 Å². The van der Waals surface area contributed by atoms with E-state index in [2.05, 4.69) is 5.32 Å². The second kappa shape index (κ2) is 3.68. The van der Waals surface area contributed by atoms with E-state index in [1.165, 1.54) is 18.0 Å². The molecule has 0 saturated carbocycles. The van der Waals surface area contributed by atoms with Crippen LogP contribution in [-0.4, -0.2) is 19.5 Å². The molecule has 1 heterocycles. The highest BCUT2D eigenvalue weighted by Gasteiger charge is 2.36. The van der Waals surface area contributed by atoms with Crippen molar-refractivity contribution in [2.75, 3.05) is 23.8 Å². The quantitative estimate of drug-likeness (QED) is 0.755. The predicted octanol–water partition coefficient (Wildman–Crippen LogP) is 2.38. The van der Waals surface area contributed by atoms with Crippen LogP contribution in [0.15, 0.2) is 12.1 Å². The van der Waals surface area contributed by atoms with Crippen molar-refractivity contribution in [1.29, 1.82) is 0 Å². The van der Waals surface area contributed by atoms with Gasteiger partial charge >= 0.3 is 0 Å². The van der Waals surface area contributed by atoms with Crippen LogP contribution in [0.1, 0.15) is 13.8 Å². The lowest BCUT2D eigenvalue weighted by Crippen LogP contribution is -2.40. The number of nitrogens with one attached hydrogen (secondary N) is 1. The van der Waals surface area contributed by atoms with Gasteiger partial charge in [-0.15, -0.1) is 0 Å². The van der Waals surface area contributed by atoms with E-state index in [1.54, 1.807) is 13.8 Å². The Bertz CT molecular complexity index is 486. The molecule has 1 aromatic rings. The number of amides is 1. The zero-order valence-corrected chi connectivity index (χ0v) is 9.97. The smallest absolute Gasteiger partial charge is 0.234 e. The molecule has 5 heteroatoms. The number of hydrogen-bond donors (Lipinski definition) is 1. The van der Waals surface area contributed by atoms with Gasteiger partial charge in [-0.1, -0.05) is 0 Å². The first-order valence-corrected chi connectivity index (χ1v) is 5.34. The minimum Gasteiger partial charge on any atom is -0.382 e. The van der Waals surface area contributed by atoms with Gasteiger partial charge in [-0.05, 0) is 19.9 Å². The fourth-order valence-electron chi connectivity index (χ4n) is 1.99. The van der Waals surface area contributed by atoms with Gasteiger partial charge in [-0.3, -0.25) is 4.79 Å². The highest BCUT2D eigenvalue weighted by molar-refractivity contribution is 6.01. The summed E-state index contributed by atoms with van der Waals surface area (Å²) < 4.78 is 26.8. The van der Waals surface area contributed by atoms with Crippen LogP contribution in [0.25, 0.3) is 0 Å². The summed E-state index contributed by atoms with van der Waals surface area (Å²) in [5.74, 6) is -1.59. The van der Waals surface area contributed by atoms with Crippen molar-refractivity contribution in [3.63, 3.8) is 0 Å². The Morgan fingerprint density at radius 3 is 2.65 bits per heavy atom. The number of rotatable bonds is 0. The molecule has 0 fully saturated rings. The van der Waals surface area contributed by atoms with E-state index >= 15 is 0 Å². The molecule has 0 spiro atoms. The van der Waals surface area contributed by atoms with Gasteiger partial charge in [0.05, 0.1) is 11.1 Å². The molecule has 1 amide bonds. The second-order valence-corrected chi connectivity index (χ2v) is 4.89. The van der Waals surface area contributed by atoms with E-state index in [1.807, 2.05) is 0 Å². The zero-order valence-electron chi connectivity index (χ0n) is 9.97. The Morgan fingerprint density at radius 1 is 1.35 bits per heavy atom. The molecule has 92 valence electrons. The summed E-state index contributed by atoms with van der Waals surface area (Å²) in [6.45, 7) is 3.87. The minimum atomic E-state index is -0.735. The van der Waals surface area contributed by atoms with E-state index in [0.717, 1.165) is 6.07 Å². The summed E-state index contributed by atoms with van der Waals surface area (Å²) in [7, 11) is 1.50. The third-order valence-corrected chi connectivity index (χ3v) is 2.97. The minimum absolute atomic E-state index is 0.0991. The molecule has 0 unspecified atom stereocenters. The Balaban J connectivity index is 2.59. The average molecular weight is 240 g/mol. The lowest BCUT2D eigenvalue weighted by atomic mass is 9.92. The molecule has 1 aliphatic heterocycles. The van der Waals surface area contributed by atoms with Crippen LogP contribution < -0.4 is 10.2 Å². The highest BCUT2D eigenvalue weighted by atomic mass is 19.1. The van der Waals surface area contributed by atoms with E-state index in [9.17, 15) is 13.6 Å². The molecule has 0 radical (unpaired) electrons. The third kappa shape index (κ3) is 1.85. The first kappa shape index (κ1) is 11.8. The second-order valence-electron chi connectivity index (χ2n) is 4.89. The normalized spacial score (nSPS) is 18.4. The van der Waals surface area contributed by atoms with Crippen molar-refractivity contribution in [3.05, 3.63) is 23.8 Å². The Hall–Kier alpha value is -1.65. The van der Waals surface area contributed by atoms with Crippen LogP contribution >= 0.6 is 0 Å². The van der Waals surface area contributed by atoms with Crippen molar-refractivity contribution in [2.24, 2.45) is 5.41 Å². The number of carbonyl (C=O) groups excluding carboxylic acids is 1. The lowest BCUT2D eigenvalue weighted by molar-refractivity contribution is -0.125. The maximum atomic E-state index is 13.7. The summed E-state index contributed by atoms with van der Waals surface area (Å²) in [5.41, 5.74) is -0.248. The summed E-state index contributed by atoms with van der Waals surface area (Å²) in [6, 6.07) is 1.98. The van der Waals surface area contributed by atoms with E-state index in [4.69, 9.17) is 0 Å². The first-order valence-electron chi connectivity index (χ1n) is 5.34. The van der Waals surface area contributed by atoms with Crippen molar-refractivity contribution < 1.29 is 13.6 Å². The number of carbonyl (C=O) groups is 1. The Kier molecular flexibility index (Phi) is 2.56. The fourth-order valence-corrected chi connectivity index (χ4v) is 1.99. The fraction of sp³-hybridized carbons (Fsp3) is 0.417.